The first-order valence-electron chi connectivity index (χ1n) is 7.25. The zero-order valence-electron chi connectivity index (χ0n) is 12.6. The van der Waals surface area contributed by atoms with Crippen LogP contribution in [0.3, 0.4) is 0 Å². The fourth-order valence-corrected chi connectivity index (χ4v) is 2.97. The maximum absolute atomic E-state index is 12.1. The molecule has 0 spiro atoms. The number of nitrogens with one attached hydrogen (secondary N) is 2. The van der Waals surface area contributed by atoms with Crippen LogP contribution in [0.1, 0.15) is 32.8 Å². The van der Waals surface area contributed by atoms with Crippen molar-refractivity contribution in [3.8, 4) is 0 Å². The molecule has 4 nitrogen and oxygen atoms in total. The molecule has 20 heavy (non-hydrogen) atoms. The Labute approximate surface area is 123 Å². The van der Waals surface area contributed by atoms with Crippen molar-refractivity contribution in [2.24, 2.45) is 5.92 Å². The van der Waals surface area contributed by atoms with Crippen LogP contribution >= 0.6 is 0 Å². The number of rotatable bonds is 9. The Morgan fingerprint density at radius 3 is 2.25 bits per heavy atom. The molecule has 1 aromatic rings. The summed E-state index contributed by atoms with van der Waals surface area (Å²) in [4.78, 5) is 0.334. The van der Waals surface area contributed by atoms with Gasteiger partial charge >= 0.3 is 0 Å². The molecule has 0 bridgehead atoms. The second-order valence-corrected chi connectivity index (χ2v) is 7.16. The lowest BCUT2D eigenvalue weighted by Gasteiger charge is -2.09. The van der Waals surface area contributed by atoms with E-state index in [0.717, 1.165) is 19.4 Å². The average molecular weight is 298 g/mol. The van der Waals surface area contributed by atoms with Gasteiger partial charge in [0.2, 0.25) is 10.0 Å². The first-order valence-corrected chi connectivity index (χ1v) is 8.73. The summed E-state index contributed by atoms with van der Waals surface area (Å²) in [7, 11) is -3.38. The summed E-state index contributed by atoms with van der Waals surface area (Å²) in [6.07, 6.45) is 2.01. The van der Waals surface area contributed by atoms with Crippen molar-refractivity contribution in [2.75, 3.05) is 19.6 Å². The van der Waals surface area contributed by atoms with Gasteiger partial charge in [-0.3, -0.25) is 0 Å². The Morgan fingerprint density at radius 2 is 1.70 bits per heavy atom. The van der Waals surface area contributed by atoms with Gasteiger partial charge < -0.3 is 5.32 Å². The van der Waals surface area contributed by atoms with Crippen LogP contribution in [0.5, 0.6) is 0 Å². The molecule has 1 rings (SSSR count). The van der Waals surface area contributed by atoms with E-state index in [4.69, 9.17) is 0 Å². The molecule has 114 valence electrons. The lowest BCUT2D eigenvalue weighted by Crippen LogP contribution is -2.32. The second-order valence-electron chi connectivity index (χ2n) is 5.39. The molecule has 0 aliphatic heterocycles. The van der Waals surface area contributed by atoms with Crippen LogP contribution in [0.25, 0.3) is 0 Å². The summed E-state index contributed by atoms with van der Waals surface area (Å²) in [6.45, 7) is 8.35. The van der Waals surface area contributed by atoms with Gasteiger partial charge in [0.05, 0.1) is 4.90 Å². The molecule has 0 saturated heterocycles. The van der Waals surface area contributed by atoms with Gasteiger partial charge in [-0.25, -0.2) is 13.1 Å². The van der Waals surface area contributed by atoms with Gasteiger partial charge in [0.25, 0.3) is 0 Å². The first kappa shape index (κ1) is 17.1. The summed E-state index contributed by atoms with van der Waals surface area (Å²) in [5.41, 5.74) is 1.17. The molecule has 0 aliphatic carbocycles. The summed E-state index contributed by atoms with van der Waals surface area (Å²) >= 11 is 0. The highest BCUT2D eigenvalue weighted by Gasteiger charge is 2.12. The second kappa shape index (κ2) is 8.39. The quantitative estimate of drug-likeness (QED) is 0.687. The Morgan fingerprint density at radius 1 is 1.05 bits per heavy atom. The summed E-state index contributed by atoms with van der Waals surface area (Å²) in [6, 6.07) is 7.15. The van der Waals surface area contributed by atoms with E-state index in [0.29, 0.717) is 23.9 Å². The highest BCUT2D eigenvalue weighted by atomic mass is 32.2. The molecule has 0 aromatic heterocycles. The summed E-state index contributed by atoms with van der Waals surface area (Å²) in [5.74, 6) is 0.570. The molecule has 0 amide bonds. The Kier molecular flexibility index (Phi) is 7.19. The molecule has 5 heteroatoms. The van der Waals surface area contributed by atoms with E-state index in [1.165, 1.54) is 5.56 Å². The fraction of sp³-hybridized carbons (Fsp3) is 0.600. The number of sulfonamides is 1. The van der Waals surface area contributed by atoms with Crippen molar-refractivity contribution < 1.29 is 8.42 Å². The molecule has 0 aliphatic rings. The summed E-state index contributed by atoms with van der Waals surface area (Å²) in [5, 5.41) is 3.16. The van der Waals surface area contributed by atoms with Gasteiger partial charge in [-0.05, 0) is 43.0 Å². The third-order valence-corrected chi connectivity index (χ3v) is 4.38. The van der Waals surface area contributed by atoms with Crippen LogP contribution < -0.4 is 10.0 Å². The van der Waals surface area contributed by atoms with Gasteiger partial charge in [0, 0.05) is 13.1 Å². The molecule has 0 unspecified atom stereocenters. The molecular formula is C15H26N2O2S. The minimum Gasteiger partial charge on any atom is -0.315 e. The van der Waals surface area contributed by atoms with E-state index in [2.05, 4.69) is 30.8 Å². The predicted octanol–water partition coefficient (Wildman–Crippen LogP) is 2.16. The van der Waals surface area contributed by atoms with Crippen molar-refractivity contribution in [3.05, 3.63) is 29.8 Å². The van der Waals surface area contributed by atoms with E-state index < -0.39 is 10.0 Å². The smallest absolute Gasteiger partial charge is 0.240 e. The van der Waals surface area contributed by atoms with E-state index in [1.807, 2.05) is 12.1 Å². The fourth-order valence-electron chi connectivity index (χ4n) is 1.93. The van der Waals surface area contributed by atoms with Gasteiger partial charge in [0.15, 0.2) is 0 Å². The van der Waals surface area contributed by atoms with E-state index >= 15 is 0 Å². The van der Waals surface area contributed by atoms with E-state index in [9.17, 15) is 8.42 Å². The zero-order chi connectivity index (χ0) is 15.0. The predicted molar refractivity (Wildman–Crippen MR) is 83.3 cm³/mol. The molecular weight excluding hydrogens is 272 g/mol. The third-order valence-electron chi connectivity index (χ3n) is 2.90. The maximum atomic E-state index is 12.1. The lowest BCUT2D eigenvalue weighted by atomic mass is 10.0. The van der Waals surface area contributed by atoms with Crippen LogP contribution in [0.4, 0.5) is 0 Å². The highest BCUT2D eigenvalue weighted by molar-refractivity contribution is 7.89. The average Bonchev–Trinajstić information content (AvgIpc) is 2.38. The van der Waals surface area contributed by atoms with E-state index in [-0.39, 0.29) is 0 Å². The zero-order valence-corrected chi connectivity index (χ0v) is 13.5. The molecule has 1 aromatic carbocycles. The van der Waals surface area contributed by atoms with Crippen molar-refractivity contribution in [1.29, 1.82) is 0 Å². The molecule has 0 saturated carbocycles. The normalized spacial score (nSPS) is 12.0. The molecule has 0 radical (unpaired) electrons. The van der Waals surface area contributed by atoms with Crippen molar-refractivity contribution in [1.82, 2.24) is 10.0 Å². The van der Waals surface area contributed by atoms with Crippen molar-refractivity contribution >= 4 is 10.0 Å². The SMILES string of the molecule is CCCNCCNS(=O)(=O)c1ccc(CC(C)C)cc1. The molecule has 0 fully saturated rings. The minimum atomic E-state index is -3.38. The topological polar surface area (TPSA) is 58.2 Å². The van der Waals surface area contributed by atoms with Gasteiger partial charge in [0.1, 0.15) is 0 Å². The number of benzene rings is 1. The van der Waals surface area contributed by atoms with Crippen LogP contribution in [-0.2, 0) is 16.4 Å². The van der Waals surface area contributed by atoms with Crippen LogP contribution in [0, 0.1) is 5.92 Å². The van der Waals surface area contributed by atoms with Crippen LogP contribution in [0.2, 0.25) is 0 Å². The largest absolute Gasteiger partial charge is 0.315 e. The van der Waals surface area contributed by atoms with E-state index in [1.54, 1.807) is 12.1 Å². The minimum absolute atomic E-state index is 0.334. The van der Waals surface area contributed by atoms with Gasteiger partial charge in [-0.1, -0.05) is 32.9 Å². The van der Waals surface area contributed by atoms with Crippen LogP contribution in [-0.4, -0.2) is 28.1 Å². The Balaban J connectivity index is 2.54. The van der Waals surface area contributed by atoms with Crippen LogP contribution in [0.15, 0.2) is 29.2 Å². The molecule has 2 N–H and O–H groups in total. The third kappa shape index (κ3) is 6.03. The maximum Gasteiger partial charge on any atom is 0.240 e. The Hall–Kier alpha value is -0.910. The number of hydrogen-bond donors (Lipinski definition) is 2. The highest BCUT2D eigenvalue weighted by Crippen LogP contribution is 2.13. The first-order chi connectivity index (χ1) is 9.45. The van der Waals surface area contributed by atoms with Crippen molar-refractivity contribution in [3.63, 3.8) is 0 Å². The monoisotopic (exact) mass is 298 g/mol. The summed E-state index contributed by atoms with van der Waals surface area (Å²) < 4.78 is 26.7. The van der Waals surface area contributed by atoms with Crippen molar-refractivity contribution in [2.45, 2.75) is 38.5 Å². The molecule has 0 heterocycles. The van der Waals surface area contributed by atoms with Gasteiger partial charge in [-0.15, -0.1) is 0 Å². The Bertz CT molecular complexity index is 481. The molecule has 0 atom stereocenters. The standard InChI is InChI=1S/C15H26N2O2S/c1-4-9-16-10-11-17-20(18,19)15-7-5-14(6-8-15)12-13(2)3/h5-8,13,16-17H,4,9-12H2,1-3H3. The number of hydrogen-bond acceptors (Lipinski definition) is 3. The lowest BCUT2D eigenvalue weighted by molar-refractivity contribution is 0.575. The van der Waals surface area contributed by atoms with Gasteiger partial charge in [-0.2, -0.15) is 0 Å².